The Kier molecular flexibility index (Phi) is 6.23. The van der Waals surface area contributed by atoms with E-state index in [0.717, 1.165) is 11.1 Å². The summed E-state index contributed by atoms with van der Waals surface area (Å²) in [6.07, 6.45) is 2.50. The number of aromatic nitrogens is 3. The number of carbonyl (C=O) groups excluding carboxylic acids is 1. The van der Waals surface area contributed by atoms with Crippen LogP contribution in [0.15, 0.2) is 76.4 Å². The number of anilines is 1. The van der Waals surface area contributed by atoms with E-state index in [9.17, 15) is 14.7 Å². The van der Waals surface area contributed by atoms with Crippen molar-refractivity contribution in [3.05, 3.63) is 111 Å². The van der Waals surface area contributed by atoms with E-state index in [1.807, 2.05) is 49.4 Å². The van der Waals surface area contributed by atoms with Crippen LogP contribution in [-0.2, 0) is 7.05 Å². The molecule has 2 atom stereocenters. The molecule has 1 amide bonds. The molecule has 4 rings (SSSR count). The Morgan fingerprint density at radius 3 is 2.56 bits per heavy atom. The van der Waals surface area contributed by atoms with Gasteiger partial charge in [0.25, 0.3) is 11.5 Å². The van der Waals surface area contributed by atoms with E-state index in [4.69, 9.17) is 11.1 Å². The van der Waals surface area contributed by atoms with E-state index in [0.29, 0.717) is 5.69 Å². The van der Waals surface area contributed by atoms with Crippen LogP contribution in [0.4, 0.5) is 11.4 Å². The monoisotopic (exact) mass is 455 g/mol. The predicted molar refractivity (Wildman–Crippen MR) is 125 cm³/mol. The van der Waals surface area contributed by atoms with Crippen LogP contribution in [0, 0.1) is 6.57 Å². The largest absolute Gasteiger partial charge is 0.501 e. The second-order valence-electron chi connectivity index (χ2n) is 7.75. The van der Waals surface area contributed by atoms with Gasteiger partial charge >= 0.3 is 0 Å². The normalized spacial score (nSPS) is 12.5. The molecule has 0 aliphatic carbocycles. The van der Waals surface area contributed by atoms with Crippen molar-refractivity contribution in [3.8, 4) is 5.75 Å². The van der Waals surface area contributed by atoms with Gasteiger partial charge in [-0.3, -0.25) is 14.2 Å². The summed E-state index contributed by atoms with van der Waals surface area (Å²) in [4.78, 5) is 33.7. The molecule has 2 heterocycles. The Bertz CT molecular complexity index is 1420. The first kappa shape index (κ1) is 22.5. The summed E-state index contributed by atoms with van der Waals surface area (Å²) in [5.41, 5.74) is 1.28. The van der Waals surface area contributed by atoms with Crippen LogP contribution in [-0.4, -0.2) is 25.7 Å². The molecule has 0 aliphatic rings. The molecule has 2 aromatic carbocycles. The number of nitrogens with zero attached hydrogens (tertiary/aromatic N) is 4. The van der Waals surface area contributed by atoms with Crippen LogP contribution in [0.3, 0.4) is 0 Å². The summed E-state index contributed by atoms with van der Waals surface area (Å²) in [6, 6.07) is 16.9. The van der Waals surface area contributed by atoms with Crippen LogP contribution in [0.1, 0.15) is 46.2 Å². The minimum Gasteiger partial charge on any atom is -0.501 e. The molecule has 0 radical (unpaired) electrons. The second-order valence-corrected chi connectivity index (χ2v) is 7.75. The third-order valence-corrected chi connectivity index (χ3v) is 5.67. The number of hydrogen-bond acceptors (Lipinski definition) is 6. The predicted octanol–water partition coefficient (Wildman–Crippen LogP) is 4.21. The van der Waals surface area contributed by atoms with Crippen molar-refractivity contribution in [1.82, 2.24) is 14.7 Å². The summed E-state index contributed by atoms with van der Waals surface area (Å²) in [6.45, 7) is 9.50. The van der Waals surface area contributed by atoms with Crippen LogP contribution in [0.25, 0.3) is 4.85 Å². The lowest BCUT2D eigenvalue weighted by molar-refractivity contribution is 0.101. The molecular formula is C25H21N5O4. The van der Waals surface area contributed by atoms with Gasteiger partial charge in [0.15, 0.2) is 11.4 Å². The molecule has 9 heteroatoms. The molecule has 0 fully saturated rings. The maximum Gasteiger partial charge on any atom is 0.296 e. The Morgan fingerprint density at radius 2 is 1.88 bits per heavy atom. The lowest BCUT2D eigenvalue weighted by Crippen LogP contribution is -2.29. The number of amides is 1. The lowest BCUT2D eigenvalue weighted by Gasteiger charge is -2.27. The van der Waals surface area contributed by atoms with E-state index in [-0.39, 0.29) is 17.4 Å². The minimum absolute atomic E-state index is 0.259. The van der Waals surface area contributed by atoms with Gasteiger partial charge in [-0.15, -0.1) is 0 Å². The number of benzene rings is 2. The average molecular weight is 455 g/mol. The fourth-order valence-corrected chi connectivity index (χ4v) is 4.03. The molecule has 34 heavy (non-hydrogen) atoms. The molecule has 9 nitrogen and oxygen atoms in total. The molecule has 0 unspecified atom stereocenters. The molecule has 0 saturated carbocycles. The van der Waals surface area contributed by atoms with E-state index in [1.54, 1.807) is 12.1 Å². The molecule has 0 saturated heterocycles. The molecule has 170 valence electrons. The molecule has 2 aromatic heterocycles. The standard InChI is InChI=1S/C25H21N5O4/c1-15(20(16-9-5-4-6-10-16)18-11-7-8-12-19(18)26-2)23-29-21(22(31)25(33)30(23)3)24(32)28-17-13-27-34-14-17/h4-15,20,31H,1,3H3,(H,28,32)/t15-,20+/m0/s1. The Labute approximate surface area is 195 Å². The Morgan fingerprint density at radius 1 is 1.18 bits per heavy atom. The van der Waals surface area contributed by atoms with Crippen molar-refractivity contribution in [3.63, 3.8) is 0 Å². The smallest absolute Gasteiger partial charge is 0.296 e. The van der Waals surface area contributed by atoms with E-state index in [2.05, 4.69) is 20.3 Å². The summed E-state index contributed by atoms with van der Waals surface area (Å²) in [7, 11) is 1.49. The minimum atomic E-state index is -0.773. The van der Waals surface area contributed by atoms with Crippen LogP contribution < -0.4 is 10.9 Å². The maximum absolute atomic E-state index is 12.9. The molecule has 0 aliphatic heterocycles. The zero-order valence-corrected chi connectivity index (χ0v) is 18.5. The SMILES string of the molecule is [C-]#[N+]c1ccccc1[C@@H](c1ccccc1)[C@H](C)c1nc(C(=O)Nc2cnoc2)c(O)c(=O)n1C. The Balaban J connectivity index is 1.86. The maximum atomic E-state index is 12.9. The van der Waals surface area contributed by atoms with Crippen molar-refractivity contribution in [2.45, 2.75) is 18.8 Å². The van der Waals surface area contributed by atoms with E-state index in [1.165, 1.54) is 24.1 Å². The highest BCUT2D eigenvalue weighted by molar-refractivity contribution is 6.04. The second kappa shape index (κ2) is 9.42. The van der Waals surface area contributed by atoms with E-state index < -0.39 is 28.8 Å². The lowest BCUT2D eigenvalue weighted by atomic mass is 9.80. The van der Waals surface area contributed by atoms with Gasteiger partial charge in [-0.25, -0.2) is 9.83 Å². The quantitative estimate of drug-likeness (QED) is 0.421. The van der Waals surface area contributed by atoms with Gasteiger partial charge in [0.05, 0.1) is 12.8 Å². The van der Waals surface area contributed by atoms with Crippen molar-refractivity contribution < 1.29 is 14.4 Å². The highest BCUT2D eigenvalue weighted by atomic mass is 16.5. The number of para-hydroxylation sites is 1. The molecule has 0 spiro atoms. The van der Waals surface area contributed by atoms with Gasteiger partial charge in [-0.05, 0) is 11.1 Å². The first-order chi connectivity index (χ1) is 16.4. The van der Waals surface area contributed by atoms with Gasteiger partial charge in [-0.1, -0.05) is 66.7 Å². The molecule has 4 aromatic rings. The number of carbonyl (C=O) groups is 1. The van der Waals surface area contributed by atoms with Crippen molar-refractivity contribution in [2.75, 3.05) is 5.32 Å². The number of nitrogens with one attached hydrogen (secondary N) is 1. The third kappa shape index (κ3) is 4.17. The number of aromatic hydroxyl groups is 1. The van der Waals surface area contributed by atoms with Crippen molar-refractivity contribution in [2.24, 2.45) is 7.05 Å². The average Bonchev–Trinajstić information content (AvgIpc) is 3.36. The van der Waals surface area contributed by atoms with Crippen LogP contribution in [0.5, 0.6) is 5.75 Å². The van der Waals surface area contributed by atoms with Gasteiger partial charge in [-0.2, -0.15) is 0 Å². The topological polar surface area (TPSA) is 115 Å². The third-order valence-electron chi connectivity index (χ3n) is 5.67. The van der Waals surface area contributed by atoms with Gasteiger partial charge in [0, 0.05) is 18.9 Å². The Hall–Kier alpha value is -4.71. The highest BCUT2D eigenvalue weighted by Gasteiger charge is 2.30. The first-order valence-electron chi connectivity index (χ1n) is 10.4. The zero-order valence-electron chi connectivity index (χ0n) is 18.5. The summed E-state index contributed by atoms with van der Waals surface area (Å²) >= 11 is 0. The number of rotatable bonds is 6. The van der Waals surface area contributed by atoms with E-state index >= 15 is 0 Å². The molecular weight excluding hydrogens is 434 g/mol. The first-order valence-corrected chi connectivity index (χ1v) is 10.4. The number of hydrogen-bond donors (Lipinski definition) is 2. The van der Waals surface area contributed by atoms with Gasteiger partial charge < -0.3 is 14.9 Å². The fraction of sp³-hybridized carbons (Fsp3) is 0.160. The summed E-state index contributed by atoms with van der Waals surface area (Å²) in [5, 5.41) is 16.4. The molecule has 0 bridgehead atoms. The summed E-state index contributed by atoms with van der Waals surface area (Å²) < 4.78 is 5.93. The van der Waals surface area contributed by atoms with Crippen LogP contribution >= 0.6 is 0 Å². The van der Waals surface area contributed by atoms with Gasteiger partial charge in [0.1, 0.15) is 17.8 Å². The zero-order chi connectivity index (χ0) is 24.2. The molecule has 2 N–H and O–H groups in total. The summed E-state index contributed by atoms with van der Waals surface area (Å²) in [5.74, 6) is -2.03. The van der Waals surface area contributed by atoms with Crippen molar-refractivity contribution in [1.29, 1.82) is 0 Å². The van der Waals surface area contributed by atoms with Crippen molar-refractivity contribution >= 4 is 17.3 Å². The van der Waals surface area contributed by atoms with Crippen LogP contribution in [0.2, 0.25) is 0 Å². The fourth-order valence-electron chi connectivity index (χ4n) is 4.03. The van der Waals surface area contributed by atoms with Gasteiger partial charge in [0.2, 0.25) is 5.75 Å². The highest BCUT2D eigenvalue weighted by Crippen LogP contribution is 2.41.